The quantitative estimate of drug-likeness (QED) is 0.494. The van der Waals surface area contributed by atoms with Gasteiger partial charge in [-0.3, -0.25) is 0 Å². The van der Waals surface area contributed by atoms with Gasteiger partial charge in [0.05, 0.1) is 0 Å². The summed E-state index contributed by atoms with van der Waals surface area (Å²) < 4.78 is 4.66. The van der Waals surface area contributed by atoms with Gasteiger partial charge >= 0.3 is 11.6 Å². The van der Waals surface area contributed by atoms with Crippen molar-refractivity contribution < 1.29 is 9.53 Å². The van der Waals surface area contributed by atoms with E-state index in [1.165, 1.54) is 0 Å². The van der Waals surface area contributed by atoms with Gasteiger partial charge in [0, 0.05) is 13.2 Å². The van der Waals surface area contributed by atoms with Crippen molar-refractivity contribution in [1.82, 2.24) is 0 Å². The molecule has 0 unspecified atom stereocenters. The lowest BCUT2D eigenvalue weighted by molar-refractivity contribution is 0.318. The van der Waals surface area contributed by atoms with Crippen molar-refractivity contribution in [2.24, 2.45) is 0 Å². The number of hydrogen-bond acceptors (Lipinski definition) is 2. The second-order valence-corrected chi connectivity index (χ2v) is 20.5. The molecular formula is C4H12Cl8O2Si2. The Morgan fingerprint density at radius 2 is 1.12 bits per heavy atom. The summed E-state index contributed by atoms with van der Waals surface area (Å²) in [6, 6.07) is 0. The fraction of sp³-hybridized carbons (Fsp3) is 1.00. The lowest BCUT2D eigenvalue weighted by Gasteiger charge is -2.03. The van der Waals surface area contributed by atoms with Gasteiger partial charge in [-0.1, -0.05) is 33.2 Å². The third-order valence-electron chi connectivity index (χ3n) is 0.308. The summed E-state index contributed by atoms with van der Waals surface area (Å²) in [5.41, 5.74) is 0. The van der Waals surface area contributed by atoms with E-state index < -0.39 is 11.6 Å². The van der Waals surface area contributed by atoms with Crippen LogP contribution in [0.4, 0.5) is 0 Å². The van der Waals surface area contributed by atoms with E-state index in [-0.39, 0.29) is 19.0 Å². The summed E-state index contributed by atoms with van der Waals surface area (Å²) in [5.74, 6) is 0. The fourth-order valence-electron chi connectivity index (χ4n) is 0.164. The van der Waals surface area contributed by atoms with E-state index in [2.05, 4.69) is 4.43 Å². The summed E-state index contributed by atoms with van der Waals surface area (Å²) in [6.07, 6.45) is -2.74. The van der Waals surface area contributed by atoms with Gasteiger partial charge in [-0.05, 0) is 13.8 Å². The molecule has 16 heavy (non-hydrogen) atoms. The van der Waals surface area contributed by atoms with Crippen LogP contribution in [0.1, 0.15) is 13.8 Å². The molecule has 0 aliphatic rings. The van der Waals surface area contributed by atoms with Crippen molar-refractivity contribution in [3.63, 3.8) is 0 Å². The van der Waals surface area contributed by atoms with Crippen molar-refractivity contribution in [2.45, 2.75) is 13.8 Å². The van der Waals surface area contributed by atoms with Gasteiger partial charge in [-0.25, -0.2) is 0 Å². The molecule has 0 radical (unpaired) electrons. The van der Waals surface area contributed by atoms with Gasteiger partial charge in [0.25, 0.3) is 0 Å². The highest BCUT2D eigenvalue weighted by atomic mass is 36.0. The van der Waals surface area contributed by atoms with Crippen LogP contribution in [0.3, 0.4) is 0 Å². The smallest absolute Gasteiger partial charge is 0.397 e. The summed E-state index contributed by atoms with van der Waals surface area (Å²) in [4.78, 5) is 0. The van der Waals surface area contributed by atoms with Crippen LogP contribution in [0.25, 0.3) is 0 Å². The van der Waals surface area contributed by atoms with E-state index in [0.29, 0.717) is 6.61 Å². The molecule has 0 aromatic carbocycles. The van der Waals surface area contributed by atoms with E-state index >= 15 is 0 Å². The minimum Gasteiger partial charge on any atom is -0.397 e. The Labute approximate surface area is 137 Å². The van der Waals surface area contributed by atoms with Crippen LogP contribution in [0.5, 0.6) is 0 Å². The molecule has 0 bridgehead atoms. The van der Waals surface area contributed by atoms with E-state index in [4.69, 9.17) is 82.7 Å². The van der Waals surface area contributed by atoms with Crippen LogP contribution < -0.4 is 0 Å². The van der Waals surface area contributed by atoms with E-state index in [1.54, 1.807) is 13.8 Å². The molecule has 0 aliphatic carbocycles. The van der Waals surface area contributed by atoms with Crippen LogP contribution in [-0.4, -0.2) is 29.9 Å². The van der Waals surface area contributed by atoms with Crippen LogP contribution in [0, 0.1) is 0 Å². The SMILES string of the molecule is CCO.CCO[Si](Cl)(Cl)Cl.Cl.Cl[Si](Cl)(Cl)Cl. The first-order chi connectivity index (χ1) is 6.47. The molecule has 2 nitrogen and oxygen atoms in total. The minimum atomic E-state index is -2.74. The summed E-state index contributed by atoms with van der Waals surface area (Å²) in [7, 11) is 0. The second-order valence-electron chi connectivity index (χ2n) is 1.62. The molecule has 0 saturated heterocycles. The van der Waals surface area contributed by atoms with Gasteiger partial charge < -0.3 is 9.53 Å². The predicted molar refractivity (Wildman–Crippen MR) is 84.1 cm³/mol. The minimum absolute atomic E-state index is 0. The molecule has 104 valence electrons. The second kappa shape index (κ2) is 15.7. The average molecular weight is 432 g/mol. The molecule has 0 rings (SSSR count). The van der Waals surface area contributed by atoms with E-state index in [0.717, 1.165) is 0 Å². The zero-order chi connectivity index (χ0) is 13.1. The van der Waals surface area contributed by atoms with E-state index in [1.807, 2.05) is 0 Å². The van der Waals surface area contributed by atoms with Crippen LogP contribution >= 0.6 is 90.0 Å². The van der Waals surface area contributed by atoms with Crippen molar-refractivity contribution in [2.75, 3.05) is 13.2 Å². The fourth-order valence-corrected chi connectivity index (χ4v) is 1.47. The number of aliphatic hydroxyl groups excluding tert-OH is 1. The third kappa shape index (κ3) is 92.0. The molecule has 0 fully saturated rings. The number of hydrogen-bond donors (Lipinski definition) is 1. The van der Waals surface area contributed by atoms with Crippen molar-refractivity contribution >= 4 is 102 Å². The Bertz CT molecular complexity index is 120. The molecule has 0 atom stereocenters. The maximum atomic E-state index is 7.57. The molecule has 0 aliphatic heterocycles. The zero-order valence-electron chi connectivity index (χ0n) is 8.32. The molecule has 0 amide bonds. The normalized spacial score (nSPS) is 10.1. The van der Waals surface area contributed by atoms with Gasteiger partial charge in [-0.15, -0.1) is 56.7 Å². The predicted octanol–water partition coefficient (Wildman–Crippen LogP) is 4.97. The molecule has 1 N–H and O–H groups in total. The maximum absolute atomic E-state index is 7.57. The van der Waals surface area contributed by atoms with Crippen LogP contribution in [0.15, 0.2) is 0 Å². The Morgan fingerprint density at radius 3 is 1.12 bits per heavy atom. The molecular weight excluding hydrogens is 420 g/mol. The average Bonchev–Trinajstić information content (AvgIpc) is 1.80. The van der Waals surface area contributed by atoms with Crippen molar-refractivity contribution in [1.29, 1.82) is 0 Å². The number of aliphatic hydroxyl groups is 1. The first-order valence-corrected chi connectivity index (χ1v) is 14.5. The Kier molecular flexibility index (Phi) is 26.6. The van der Waals surface area contributed by atoms with Crippen LogP contribution in [-0.2, 0) is 4.43 Å². The molecule has 0 aromatic heterocycles. The number of rotatable bonds is 2. The summed E-state index contributed by atoms with van der Waals surface area (Å²) >= 11 is 35.7. The van der Waals surface area contributed by atoms with Crippen molar-refractivity contribution in [3.05, 3.63) is 0 Å². The highest BCUT2D eigenvalue weighted by Crippen LogP contribution is 2.23. The van der Waals surface area contributed by atoms with E-state index in [9.17, 15) is 0 Å². The van der Waals surface area contributed by atoms with Crippen LogP contribution in [0.2, 0.25) is 0 Å². The van der Waals surface area contributed by atoms with Gasteiger partial charge in [0.1, 0.15) is 0 Å². The molecule has 12 heteroatoms. The zero-order valence-corrected chi connectivity index (χ0v) is 16.4. The Balaban J connectivity index is -0.0000000710. The Morgan fingerprint density at radius 1 is 0.938 bits per heavy atom. The molecule has 0 spiro atoms. The van der Waals surface area contributed by atoms with Gasteiger partial charge in [0.15, 0.2) is 0 Å². The summed E-state index contributed by atoms with van der Waals surface area (Å²) in [5, 5.41) is 4.85. The molecule has 0 aromatic rings. The highest BCUT2D eigenvalue weighted by Gasteiger charge is 2.26. The Hall–Kier alpha value is 2.67. The maximum Gasteiger partial charge on any atom is 0.493 e. The lowest BCUT2D eigenvalue weighted by atomic mass is 10.9. The first-order valence-electron chi connectivity index (χ1n) is 3.55. The summed E-state index contributed by atoms with van der Waals surface area (Å²) in [6.45, 7) is 4.19. The monoisotopic (exact) mass is 428 g/mol. The van der Waals surface area contributed by atoms with Gasteiger partial charge in [0.2, 0.25) is 0 Å². The third-order valence-corrected chi connectivity index (χ3v) is 1.91. The molecule has 0 heterocycles. The first kappa shape index (κ1) is 27.1. The number of halogens is 8. The topological polar surface area (TPSA) is 29.5 Å². The molecule has 0 saturated carbocycles. The highest BCUT2D eigenvalue weighted by molar-refractivity contribution is 7.81. The standard InChI is InChI=1S/C2H5Cl3OSi.C2H6O.Cl4Si.ClH/c1-2-6-7(3,4)5;1-2-3;1-5(2,3)4;/h2H2,1H3;3H,2H2,1H3;;1H. The van der Waals surface area contributed by atoms with Gasteiger partial charge in [-0.2, -0.15) is 0 Å². The largest absolute Gasteiger partial charge is 0.493 e. The lowest BCUT2D eigenvalue weighted by Crippen LogP contribution is -2.14. The van der Waals surface area contributed by atoms with Crippen molar-refractivity contribution in [3.8, 4) is 0 Å².